The molecule has 6 nitrogen and oxygen atoms in total. The molecule has 23 heavy (non-hydrogen) atoms. The summed E-state index contributed by atoms with van der Waals surface area (Å²) < 4.78 is 5.90. The molecule has 2 aromatic carbocycles. The number of nitrogens with one attached hydrogen (secondary N) is 2. The monoisotopic (exact) mass is 306 g/mol. The van der Waals surface area contributed by atoms with Crippen LogP contribution < -0.4 is 10.1 Å². The number of H-pyrrole nitrogens is 1. The molecule has 2 heterocycles. The zero-order valence-electron chi connectivity index (χ0n) is 12.2. The van der Waals surface area contributed by atoms with E-state index in [1.54, 1.807) is 0 Å². The summed E-state index contributed by atoms with van der Waals surface area (Å²) in [4.78, 5) is 16.8. The number of para-hydroxylation sites is 2. The maximum Gasteiger partial charge on any atom is 0.232 e. The van der Waals surface area contributed by atoms with E-state index in [-0.39, 0.29) is 5.91 Å². The maximum absolute atomic E-state index is 12.8. The molecular weight excluding hydrogens is 292 g/mol. The van der Waals surface area contributed by atoms with E-state index < -0.39 is 5.92 Å². The van der Waals surface area contributed by atoms with Gasteiger partial charge < -0.3 is 10.1 Å². The summed E-state index contributed by atoms with van der Waals surface area (Å²) >= 11 is 0. The van der Waals surface area contributed by atoms with E-state index in [0.29, 0.717) is 23.9 Å². The minimum atomic E-state index is -0.404. The highest BCUT2D eigenvalue weighted by Crippen LogP contribution is 2.43. The fourth-order valence-corrected chi connectivity index (χ4v) is 2.78. The first-order chi connectivity index (χ1) is 11.3. The average molecular weight is 306 g/mol. The normalized spacial score (nSPS) is 12.9. The lowest BCUT2D eigenvalue weighted by Crippen LogP contribution is -2.31. The lowest BCUT2D eigenvalue weighted by molar-refractivity contribution is -0.122. The van der Waals surface area contributed by atoms with Crippen molar-refractivity contribution in [2.45, 2.75) is 12.5 Å². The number of ether oxygens (including phenoxy) is 1. The van der Waals surface area contributed by atoms with Gasteiger partial charge in [0.15, 0.2) is 0 Å². The van der Waals surface area contributed by atoms with E-state index in [0.717, 1.165) is 11.1 Å². The van der Waals surface area contributed by atoms with Crippen molar-refractivity contribution in [1.82, 2.24) is 20.5 Å². The summed E-state index contributed by atoms with van der Waals surface area (Å²) in [6.07, 6.45) is 1.42. The number of nitrogens with zero attached hydrogens (tertiary/aromatic N) is 2. The Morgan fingerprint density at radius 2 is 1.74 bits per heavy atom. The van der Waals surface area contributed by atoms with Crippen LogP contribution in [0.1, 0.15) is 22.9 Å². The Labute approximate surface area is 132 Å². The van der Waals surface area contributed by atoms with Gasteiger partial charge in [0.25, 0.3) is 0 Å². The van der Waals surface area contributed by atoms with E-state index in [1.165, 1.54) is 6.33 Å². The summed E-state index contributed by atoms with van der Waals surface area (Å²) in [5.74, 6) is 1.55. The molecule has 0 bridgehead atoms. The molecule has 0 saturated heterocycles. The van der Waals surface area contributed by atoms with Crippen LogP contribution >= 0.6 is 0 Å². The summed E-state index contributed by atoms with van der Waals surface area (Å²) in [7, 11) is 0. The Kier molecular flexibility index (Phi) is 3.27. The summed E-state index contributed by atoms with van der Waals surface area (Å²) in [6, 6.07) is 15.2. The van der Waals surface area contributed by atoms with Gasteiger partial charge in [0, 0.05) is 11.1 Å². The summed E-state index contributed by atoms with van der Waals surface area (Å²) in [5, 5.41) is 9.42. The molecule has 4 rings (SSSR count). The topological polar surface area (TPSA) is 79.9 Å². The van der Waals surface area contributed by atoms with Gasteiger partial charge in [-0.15, -0.1) is 0 Å². The smallest absolute Gasteiger partial charge is 0.232 e. The first-order valence-electron chi connectivity index (χ1n) is 7.30. The molecule has 0 unspecified atom stereocenters. The number of carbonyl (C=O) groups is 1. The molecular formula is C17H14N4O2. The molecule has 2 N–H and O–H groups in total. The van der Waals surface area contributed by atoms with Crippen LogP contribution in [0.3, 0.4) is 0 Å². The Bertz CT molecular complexity index is 800. The molecule has 0 aliphatic carbocycles. The third kappa shape index (κ3) is 2.44. The second kappa shape index (κ2) is 5.57. The Hall–Kier alpha value is -3.15. The number of benzene rings is 2. The van der Waals surface area contributed by atoms with Crippen LogP contribution in [0.25, 0.3) is 0 Å². The van der Waals surface area contributed by atoms with Gasteiger partial charge in [-0.05, 0) is 12.1 Å². The molecule has 0 saturated carbocycles. The van der Waals surface area contributed by atoms with Gasteiger partial charge in [0.1, 0.15) is 23.7 Å². The molecule has 0 radical (unpaired) electrons. The number of hydrogen-bond acceptors (Lipinski definition) is 4. The largest absolute Gasteiger partial charge is 0.457 e. The Balaban J connectivity index is 1.68. The standard InChI is InChI=1S/C17H14N4O2/c22-17(18-9-15-19-10-20-21-15)16-11-5-1-3-7-13(11)23-14-8-4-2-6-12(14)16/h1-8,10,16H,9H2,(H,18,22)(H,19,20,21). The minimum Gasteiger partial charge on any atom is -0.457 e. The fourth-order valence-electron chi connectivity index (χ4n) is 2.78. The average Bonchev–Trinajstić information content (AvgIpc) is 3.11. The van der Waals surface area contributed by atoms with Crippen molar-refractivity contribution in [3.8, 4) is 11.5 Å². The van der Waals surface area contributed by atoms with Crippen molar-refractivity contribution in [2.75, 3.05) is 0 Å². The summed E-state index contributed by atoms with van der Waals surface area (Å²) in [5.41, 5.74) is 1.72. The maximum atomic E-state index is 12.8. The molecule has 1 aromatic heterocycles. The second-order valence-corrected chi connectivity index (χ2v) is 5.26. The number of amides is 1. The van der Waals surface area contributed by atoms with Crippen molar-refractivity contribution >= 4 is 5.91 Å². The second-order valence-electron chi connectivity index (χ2n) is 5.26. The molecule has 114 valence electrons. The molecule has 6 heteroatoms. The van der Waals surface area contributed by atoms with Crippen LogP contribution in [0, 0.1) is 0 Å². The lowest BCUT2D eigenvalue weighted by Gasteiger charge is -2.27. The summed E-state index contributed by atoms with van der Waals surface area (Å²) in [6.45, 7) is 0.306. The quantitative estimate of drug-likeness (QED) is 0.778. The van der Waals surface area contributed by atoms with Crippen LogP contribution in [0.4, 0.5) is 0 Å². The Morgan fingerprint density at radius 3 is 2.35 bits per heavy atom. The molecule has 1 aliphatic heterocycles. The predicted octanol–water partition coefficient (Wildman–Crippen LogP) is 2.36. The molecule has 0 spiro atoms. The van der Waals surface area contributed by atoms with Gasteiger partial charge in [-0.25, -0.2) is 4.98 Å². The van der Waals surface area contributed by atoms with Crippen molar-refractivity contribution in [3.05, 3.63) is 71.8 Å². The number of aromatic amines is 1. The van der Waals surface area contributed by atoms with E-state index >= 15 is 0 Å². The fraction of sp³-hybridized carbons (Fsp3) is 0.118. The highest BCUT2D eigenvalue weighted by molar-refractivity contribution is 5.89. The van der Waals surface area contributed by atoms with Gasteiger partial charge in [0.05, 0.1) is 12.5 Å². The third-order valence-corrected chi connectivity index (χ3v) is 3.84. The van der Waals surface area contributed by atoms with Gasteiger partial charge >= 0.3 is 0 Å². The number of fused-ring (bicyclic) bond motifs is 2. The highest BCUT2D eigenvalue weighted by Gasteiger charge is 2.32. The molecule has 0 atom stereocenters. The number of carbonyl (C=O) groups excluding carboxylic acids is 1. The minimum absolute atomic E-state index is 0.0930. The van der Waals surface area contributed by atoms with Gasteiger partial charge in [-0.2, -0.15) is 5.10 Å². The Morgan fingerprint density at radius 1 is 1.09 bits per heavy atom. The number of aromatic nitrogens is 3. The zero-order chi connectivity index (χ0) is 15.6. The van der Waals surface area contributed by atoms with Crippen molar-refractivity contribution in [1.29, 1.82) is 0 Å². The van der Waals surface area contributed by atoms with Crippen molar-refractivity contribution in [2.24, 2.45) is 0 Å². The van der Waals surface area contributed by atoms with E-state index in [9.17, 15) is 4.79 Å². The third-order valence-electron chi connectivity index (χ3n) is 3.84. The van der Waals surface area contributed by atoms with Crippen LogP contribution in [-0.2, 0) is 11.3 Å². The van der Waals surface area contributed by atoms with Crippen LogP contribution in [0.2, 0.25) is 0 Å². The predicted molar refractivity (Wildman–Crippen MR) is 83.0 cm³/mol. The first kappa shape index (κ1) is 13.5. The van der Waals surface area contributed by atoms with Crippen LogP contribution in [-0.4, -0.2) is 21.1 Å². The lowest BCUT2D eigenvalue weighted by atomic mass is 9.87. The van der Waals surface area contributed by atoms with Crippen LogP contribution in [0.15, 0.2) is 54.9 Å². The number of rotatable bonds is 3. The van der Waals surface area contributed by atoms with E-state index in [1.807, 2.05) is 48.5 Å². The van der Waals surface area contributed by atoms with E-state index in [2.05, 4.69) is 20.5 Å². The number of hydrogen-bond donors (Lipinski definition) is 2. The molecule has 1 aliphatic rings. The SMILES string of the molecule is O=C(NCc1ncn[nH]1)C1c2ccccc2Oc2ccccc21. The van der Waals surface area contributed by atoms with Crippen molar-refractivity contribution < 1.29 is 9.53 Å². The molecule has 0 fully saturated rings. The first-order valence-corrected chi connectivity index (χ1v) is 7.30. The van der Waals surface area contributed by atoms with Gasteiger partial charge in [-0.3, -0.25) is 9.89 Å². The van der Waals surface area contributed by atoms with Crippen LogP contribution in [0.5, 0.6) is 11.5 Å². The van der Waals surface area contributed by atoms with Gasteiger partial charge in [-0.1, -0.05) is 36.4 Å². The zero-order valence-corrected chi connectivity index (χ0v) is 12.2. The van der Waals surface area contributed by atoms with Gasteiger partial charge in [0.2, 0.25) is 5.91 Å². The molecule has 3 aromatic rings. The van der Waals surface area contributed by atoms with E-state index in [4.69, 9.17) is 4.74 Å². The highest BCUT2D eigenvalue weighted by atomic mass is 16.5. The van der Waals surface area contributed by atoms with Crippen molar-refractivity contribution in [3.63, 3.8) is 0 Å². The molecule has 1 amide bonds.